The van der Waals surface area contributed by atoms with Crippen LogP contribution in [0, 0.1) is 11.3 Å². The van der Waals surface area contributed by atoms with E-state index in [-0.39, 0.29) is 5.54 Å². The Morgan fingerprint density at radius 1 is 1.29 bits per heavy atom. The van der Waals surface area contributed by atoms with E-state index < -0.39 is 0 Å². The van der Waals surface area contributed by atoms with Crippen LogP contribution in [0.2, 0.25) is 0 Å². The molecule has 1 fully saturated rings. The highest BCUT2D eigenvalue weighted by Gasteiger charge is 2.38. The lowest BCUT2D eigenvalue weighted by Crippen LogP contribution is -2.42. The van der Waals surface area contributed by atoms with Crippen molar-refractivity contribution in [3.63, 3.8) is 0 Å². The molecule has 0 unspecified atom stereocenters. The van der Waals surface area contributed by atoms with E-state index in [1.807, 2.05) is 13.1 Å². The first-order chi connectivity index (χ1) is 9.91. The lowest BCUT2D eigenvalue weighted by molar-refractivity contribution is 0.115. The Bertz CT molecular complexity index is 462. The maximum Gasteiger partial charge on any atom is 0.137 e. The number of hydrogen-bond acceptors (Lipinski definition) is 3. The molecular formula is C18H30N2O. The Kier molecular flexibility index (Phi) is 4.92. The predicted molar refractivity (Wildman–Crippen MR) is 87.3 cm³/mol. The highest BCUT2D eigenvalue weighted by molar-refractivity contribution is 5.29. The fraction of sp³-hybridized carbons (Fsp3) is 0.722. The van der Waals surface area contributed by atoms with Crippen molar-refractivity contribution in [1.29, 1.82) is 0 Å². The van der Waals surface area contributed by atoms with Gasteiger partial charge < -0.3 is 10.5 Å². The monoisotopic (exact) mass is 290 g/mol. The van der Waals surface area contributed by atoms with Crippen molar-refractivity contribution < 1.29 is 4.74 Å². The summed E-state index contributed by atoms with van der Waals surface area (Å²) in [5, 5.41) is 0. The van der Waals surface area contributed by atoms with Crippen LogP contribution in [0.5, 0.6) is 5.75 Å². The molecule has 3 nitrogen and oxygen atoms in total. The summed E-state index contributed by atoms with van der Waals surface area (Å²) >= 11 is 0. The molecule has 1 aliphatic carbocycles. The van der Waals surface area contributed by atoms with Crippen LogP contribution in [-0.4, -0.2) is 11.6 Å². The van der Waals surface area contributed by atoms with Crippen molar-refractivity contribution in [3.05, 3.63) is 24.0 Å². The normalized spacial score (nSPS) is 26.6. The summed E-state index contributed by atoms with van der Waals surface area (Å²) in [4.78, 5) is 4.30. The Hall–Kier alpha value is -1.09. The largest absolute Gasteiger partial charge is 0.492 e. The van der Waals surface area contributed by atoms with Gasteiger partial charge in [-0.25, -0.2) is 0 Å². The summed E-state index contributed by atoms with van der Waals surface area (Å²) in [5.41, 5.74) is 8.01. The second-order valence-electron chi connectivity index (χ2n) is 7.11. The van der Waals surface area contributed by atoms with E-state index in [4.69, 9.17) is 10.5 Å². The zero-order chi connectivity index (χ0) is 15.5. The lowest BCUT2D eigenvalue weighted by Gasteiger charge is -2.43. The van der Waals surface area contributed by atoms with Crippen LogP contribution in [0.4, 0.5) is 0 Å². The summed E-state index contributed by atoms with van der Waals surface area (Å²) in [6.07, 6.45) is 9.40. The smallest absolute Gasteiger partial charge is 0.137 e. The molecule has 0 amide bonds. The van der Waals surface area contributed by atoms with Gasteiger partial charge in [0.05, 0.1) is 12.8 Å². The molecular weight excluding hydrogens is 260 g/mol. The molecule has 0 aromatic carbocycles. The Morgan fingerprint density at radius 3 is 2.52 bits per heavy atom. The van der Waals surface area contributed by atoms with Crippen molar-refractivity contribution >= 4 is 0 Å². The van der Waals surface area contributed by atoms with Gasteiger partial charge in [-0.1, -0.05) is 27.2 Å². The van der Waals surface area contributed by atoms with Gasteiger partial charge in [0.15, 0.2) is 0 Å². The lowest BCUT2D eigenvalue weighted by atomic mass is 9.64. The van der Waals surface area contributed by atoms with Crippen LogP contribution >= 0.6 is 0 Å². The molecule has 2 N–H and O–H groups in total. The first kappa shape index (κ1) is 16.3. The molecule has 0 bridgehead atoms. The molecule has 1 aromatic heterocycles. The SMILES string of the molecule is CCOc1cncc(C2(N)CCC(C(C)(C)CC)CC2)c1. The number of rotatable bonds is 5. The fourth-order valence-corrected chi connectivity index (χ4v) is 3.43. The van der Waals surface area contributed by atoms with Crippen molar-refractivity contribution in [2.24, 2.45) is 17.1 Å². The molecule has 0 aliphatic heterocycles. The van der Waals surface area contributed by atoms with Crippen molar-refractivity contribution in [1.82, 2.24) is 4.98 Å². The standard InChI is InChI=1S/C18H30N2O/c1-5-17(3,4)14-7-9-18(19,10-8-14)15-11-16(21-6-2)13-20-12-15/h11-14H,5-10,19H2,1-4H3. The van der Waals surface area contributed by atoms with Crippen LogP contribution in [0.1, 0.15) is 65.4 Å². The Balaban J connectivity index is 2.10. The second-order valence-corrected chi connectivity index (χ2v) is 7.11. The Labute approximate surface area is 129 Å². The van der Waals surface area contributed by atoms with Gasteiger partial charge in [0.25, 0.3) is 0 Å². The number of aromatic nitrogens is 1. The number of nitrogens with zero attached hydrogens (tertiary/aromatic N) is 1. The maximum absolute atomic E-state index is 6.70. The minimum atomic E-state index is -0.236. The van der Waals surface area contributed by atoms with Crippen LogP contribution in [0.15, 0.2) is 18.5 Å². The van der Waals surface area contributed by atoms with Gasteiger partial charge >= 0.3 is 0 Å². The number of hydrogen-bond donors (Lipinski definition) is 1. The molecule has 0 atom stereocenters. The van der Waals surface area contributed by atoms with Gasteiger partial charge in [0.2, 0.25) is 0 Å². The van der Waals surface area contributed by atoms with Gasteiger partial charge in [-0.3, -0.25) is 4.98 Å². The van der Waals surface area contributed by atoms with Crippen molar-refractivity contribution in [3.8, 4) is 5.75 Å². The number of pyridine rings is 1. The molecule has 1 heterocycles. The minimum absolute atomic E-state index is 0.236. The van der Waals surface area contributed by atoms with Gasteiger partial charge in [0, 0.05) is 11.7 Å². The first-order valence-electron chi connectivity index (χ1n) is 8.28. The van der Waals surface area contributed by atoms with Crippen LogP contribution in [-0.2, 0) is 5.54 Å². The quantitative estimate of drug-likeness (QED) is 0.881. The van der Waals surface area contributed by atoms with E-state index >= 15 is 0 Å². The molecule has 1 aliphatic rings. The van der Waals surface area contributed by atoms with E-state index in [1.54, 1.807) is 6.20 Å². The summed E-state index contributed by atoms with van der Waals surface area (Å²) in [6, 6.07) is 2.07. The minimum Gasteiger partial charge on any atom is -0.492 e. The van der Waals surface area contributed by atoms with Gasteiger partial charge in [-0.05, 0) is 55.6 Å². The predicted octanol–water partition coefficient (Wildman–Crippen LogP) is 4.26. The zero-order valence-corrected chi connectivity index (χ0v) is 14.0. The summed E-state index contributed by atoms with van der Waals surface area (Å²) < 4.78 is 5.56. The molecule has 1 saturated carbocycles. The van der Waals surface area contributed by atoms with Gasteiger partial charge in [0.1, 0.15) is 5.75 Å². The molecule has 2 rings (SSSR count). The number of nitrogens with two attached hydrogens (primary N) is 1. The van der Waals surface area contributed by atoms with Gasteiger partial charge in [-0.2, -0.15) is 0 Å². The highest BCUT2D eigenvalue weighted by atomic mass is 16.5. The van der Waals surface area contributed by atoms with E-state index in [9.17, 15) is 0 Å². The molecule has 3 heteroatoms. The fourth-order valence-electron chi connectivity index (χ4n) is 3.43. The van der Waals surface area contributed by atoms with Gasteiger partial charge in [-0.15, -0.1) is 0 Å². The van der Waals surface area contributed by atoms with Crippen LogP contribution < -0.4 is 10.5 Å². The molecule has 0 radical (unpaired) electrons. The van der Waals surface area contributed by atoms with E-state index in [1.165, 1.54) is 19.3 Å². The third-order valence-electron chi connectivity index (χ3n) is 5.49. The van der Waals surface area contributed by atoms with Crippen LogP contribution in [0.25, 0.3) is 0 Å². The molecule has 0 spiro atoms. The van der Waals surface area contributed by atoms with E-state index in [0.29, 0.717) is 12.0 Å². The molecule has 118 valence electrons. The van der Waals surface area contributed by atoms with Crippen LogP contribution in [0.3, 0.4) is 0 Å². The van der Waals surface area contributed by atoms with Crippen molar-refractivity contribution in [2.75, 3.05) is 6.61 Å². The molecule has 0 saturated heterocycles. The highest BCUT2D eigenvalue weighted by Crippen LogP contribution is 2.45. The maximum atomic E-state index is 6.70. The topological polar surface area (TPSA) is 48.1 Å². The molecule has 21 heavy (non-hydrogen) atoms. The van der Waals surface area contributed by atoms with E-state index in [0.717, 1.165) is 30.1 Å². The van der Waals surface area contributed by atoms with Crippen molar-refractivity contribution in [2.45, 2.75) is 65.3 Å². The summed E-state index contributed by atoms with van der Waals surface area (Å²) in [5.74, 6) is 1.61. The summed E-state index contributed by atoms with van der Waals surface area (Å²) in [6.45, 7) is 9.72. The first-order valence-corrected chi connectivity index (χ1v) is 8.28. The Morgan fingerprint density at radius 2 is 1.95 bits per heavy atom. The average molecular weight is 290 g/mol. The zero-order valence-electron chi connectivity index (χ0n) is 14.0. The summed E-state index contributed by atoms with van der Waals surface area (Å²) in [7, 11) is 0. The van der Waals surface area contributed by atoms with E-state index in [2.05, 4.69) is 31.8 Å². The third-order valence-corrected chi connectivity index (χ3v) is 5.49. The molecule has 1 aromatic rings. The third kappa shape index (κ3) is 3.57. The second kappa shape index (κ2) is 6.35. The average Bonchev–Trinajstić information content (AvgIpc) is 2.48. The number of ether oxygens (including phenoxy) is 1.